The second-order valence-electron chi connectivity index (χ2n) is 3.97. The van der Waals surface area contributed by atoms with Gasteiger partial charge in [-0.15, -0.1) is 0 Å². The van der Waals surface area contributed by atoms with Crippen molar-refractivity contribution in [3.8, 4) is 11.3 Å². The van der Waals surface area contributed by atoms with Gasteiger partial charge in [-0.1, -0.05) is 12.1 Å². The summed E-state index contributed by atoms with van der Waals surface area (Å²) in [7, 11) is 0. The number of nitrogens with one attached hydrogen (secondary N) is 1. The minimum Gasteiger partial charge on any atom is -0.360 e. The first-order valence-electron chi connectivity index (χ1n) is 5.29. The molecule has 3 aromatic rings. The lowest BCUT2D eigenvalue weighted by Gasteiger charge is -1.99. The van der Waals surface area contributed by atoms with Gasteiger partial charge in [0.05, 0.1) is 6.20 Å². The van der Waals surface area contributed by atoms with E-state index in [0.717, 1.165) is 22.0 Å². The summed E-state index contributed by atoms with van der Waals surface area (Å²) in [5.41, 5.74) is 3.24. The molecule has 0 radical (unpaired) electrons. The molecule has 0 fully saturated rings. The van der Waals surface area contributed by atoms with E-state index in [9.17, 15) is 4.39 Å². The van der Waals surface area contributed by atoms with Gasteiger partial charge in [0.15, 0.2) is 5.82 Å². The second kappa shape index (κ2) is 3.66. The van der Waals surface area contributed by atoms with Crippen molar-refractivity contribution in [3.63, 3.8) is 0 Å². The summed E-state index contributed by atoms with van der Waals surface area (Å²) in [6.07, 6.45) is 4.30. The maximum absolute atomic E-state index is 13.6. The standard InChI is InChI=1S/C13H10FN3/c1-8-2-3-9-10(5-16-12(9)4-8)13-11(14)6-15-7-17-13/h2-7,16H,1H3. The number of hydrogen-bond acceptors (Lipinski definition) is 2. The summed E-state index contributed by atoms with van der Waals surface area (Å²) in [4.78, 5) is 10.8. The lowest BCUT2D eigenvalue weighted by Crippen LogP contribution is -1.89. The highest BCUT2D eigenvalue weighted by atomic mass is 19.1. The van der Waals surface area contributed by atoms with Crippen LogP contribution in [0.3, 0.4) is 0 Å². The summed E-state index contributed by atoms with van der Waals surface area (Å²) >= 11 is 0. The first kappa shape index (κ1) is 9.96. The van der Waals surface area contributed by atoms with Gasteiger partial charge in [-0.3, -0.25) is 0 Å². The first-order chi connectivity index (χ1) is 8.25. The van der Waals surface area contributed by atoms with Crippen LogP contribution >= 0.6 is 0 Å². The molecule has 1 aromatic carbocycles. The smallest absolute Gasteiger partial charge is 0.167 e. The molecule has 3 rings (SSSR count). The lowest BCUT2D eigenvalue weighted by molar-refractivity contribution is 0.618. The van der Waals surface area contributed by atoms with Crippen LogP contribution in [0.1, 0.15) is 5.56 Å². The summed E-state index contributed by atoms with van der Waals surface area (Å²) in [5.74, 6) is -0.408. The topological polar surface area (TPSA) is 41.6 Å². The van der Waals surface area contributed by atoms with E-state index in [4.69, 9.17) is 0 Å². The second-order valence-corrected chi connectivity index (χ2v) is 3.97. The van der Waals surface area contributed by atoms with Crippen molar-refractivity contribution in [1.82, 2.24) is 15.0 Å². The minimum absolute atomic E-state index is 0.329. The molecule has 0 unspecified atom stereocenters. The maximum Gasteiger partial charge on any atom is 0.167 e. The summed E-state index contributed by atoms with van der Waals surface area (Å²) in [6, 6.07) is 5.99. The fourth-order valence-electron chi connectivity index (χ4n) is 1.95. The van der Waals surface area contributed by atoms with E-state index in [1.807, 2.05) is 25.1 Å². The molecular formula is C13H10FN3. The monoisotopic (exact) mass is 227 g/mol. The highest BCUT2D eigenvalue weighted by Gasteiger charge is 2.11. The normalized spacial score (nSPS) is 10.9. The van der Waals surface area contributed by atoms with E-state index < -0.39 is 5.82 Å². The quantitative estimate of drug-likeness (QED) is 0.694. The molecule has 4 heteroatoms. The van der Waals surface area contributed by atoms with Crippen LogP contribution in [0, 0.1) is 12.7 Å². The van der Waals surface area contributed by atoms with Crippen molar-refractivity contribution in [2.45, 2.75) is 6.92 Å². The molecule has 2 aromatic heterocycles. The van der Waals surface area contributed by atoms with Crippen molar-refractivity contribution < 1.29 is 4.39 Å². The van der Waals surface area contributed by atoms with Crippen LogP contribution in [0.4, 0.5) is 4.39 Å². The molecule has 0 aliphatic carbocycles. The van der Waals surface area contributed by atoms with Crippen molar-refractivity contribution >= 4 is 10.9 Å². The molecule has 84 valence electrons. The average molecular weight is 227 g/mol. The molecule has 0 spiro atoms. The Hall–Kier alpha value is -2.23. The number of aromatic amines is 1. The Kier molecular flexibility index (Phi) is 2.14. The molecule has 0 amide bonds. The summed E-state index contributed by atoms with van der Waals surface area (Å²) in [5, 5.41) is 0.966. The third-order valence-corrected chi connectivity index (χ3v) is 2.76. The van der Waals surface area contributed by atoms with Crippen LogP contribution in [0.5, 0.6) is 0 Å². The minimum atomic E-state index is -0.408. The van der Waals surface area contributed by atoms with Gasteiger partial charge in [0.25, 0.3) is 0 Å². The zero-order valence-electron chi connectivity index (χ0n) is 9.24. The highest BCUT2D eigenvalue weighted by molar-refractivity contribution is 5.94. The fraction of sp³-hybridized carbons (Fsp3) is 0.0769. The Labute approximate surface area is 97.3 Å². The first-order valence-corrected chi connectivity index (χ1v) is 5.29. The van der Waals surface area contributed by atoms with Gasteiger partial charge in [-0.25, -0.2) is 14.4 Å². The van der Waals surface area contributed by atoms with Crippen LogP contribution < -0.4 is 0 Å². The summed E-state index contributed by atoms with van der Waals surface area (Å²) in [6.45, 7) is 2.02. The van der Waals surface area contributed by atoms with Crippen LogP contribution in [-0.2, 0) is 0 Å². The van der Waals surface area contributed by atoms with Crippen molar-refractivity contribution in [1.29, 1.82) is 0 Å². The molecule has 17 heavy (non-hydrogen) atoms. The average Bonchev–Trinajstić information content (AvgIpc) is 2.72. The zero-order valence-corrected chi connectivity index (χ0v) is 9.24. The zero-order chi connectivity index (χ0) is 11.8. The number of nitrogens with zero attached hydrogens (tertiary/aromatic N) is 2. The fourth-order valence-corrected chi connectivity index (χ4v) is 1.95. The van der Waals surface area contributed by atoms with E-state index in [0.29, 0.717) is 5.69 Å². The molecule has 0 aliphatic rings. The van der Waals surface area contributed by atoms with Crippen LogP contribution in [0.25, 0.3) is 22.2 Å². The van der Waals surface area contributed by atoms with Gasteiger partial charge < -0.3 is 4.98 Å². The van der Waals surface area contributed by atoms with E-state index in [2.05, 4.69) is 15.0 Å². The number of aryl methyl sites for hydroxylation is 1. The van der Waals surface area contributed by atoms with Crippen LogP contribution in [-0.4, -0.2) is 15.0 Å². The van der Waals surface area contributed by atoms with E-state index in [1.54, 1.807) is 6.20 Å². The van der Waals surface area contributed by atoms with Crippen LogP contribution in [0.15, 0.2) is 36.9 Å². The molecular weight excluding hydrogens is 217 g/mol. The van der Waals surface area contributed by atoms with E-state index in [-0.39, 0.29) is 0 Å². The third-order valence-electron chi connectivity index (χ3n) is 2.76. The van der Waals surface area contributed by atoms with Gasteiger partial charge in [0.1, 0.15) is 12.0 Å². The van der Waals surface area contributed by atoms with E-state index >= 15 is 0 Å². The Balaban J connectivity index is 2.29. The Bertz CT molecular complexity index is 688. The number of hydrogen-bond donors (Lipinski definition) is 1. The molecule has 1 N–H and O–H groups in total. The predicted molar refractivity (Wildman–Crippen MR) is 64.0 cm³/mol. The molecule has 0 aliphatic heterocycles. The molecule has 0 saturated carbocycles. The number of halogens is 1. The van der Waals surface area contributed by atoms with Crippen LogP contribution in [0.2, 0.25) is 0 Å². The highest BCUT2D eigenvalue weighted by Crippen LogP contribution is 2.28. The Morgan fingerprint density at radius 3 is 3.00 bits per heavy atom. The number of rotatable bonds is 1. The molecule has 0 atom stereocenters. The Morgan fingerprint density at radius 2 is 2.18 bits per heavy atom. The van der Waals surface area contributed by atoms with E-state index in [1.165, 1.54) is 12.5 Å². The summed E-state index contributed by atoms with van der Waals surface area (Å²) < 4.78 is 13.6. The number of fused-ring (bicyclic) bond motifs is 1. The number of aromatic nitrogens is 3. The predicted octanol–water partition coefficient (Wildman–Crippen LogP) is 3.07. The van der Waals surface area contributed by atoms with Crippen molar-refractivity contribution in [2.75, 3.05) is 0 Å². The van der Waals surface area contributed by atoms with Gasteiger partial charge >= 0.3 is 0 Å². The third kappa shape index (κ3) is 1.58. The van der Waals surface area contributed by atoms with Gasteiger partial charge in [0.2, 0.25) is 0 Å². The van der Waals surface area contributed by atoms with Crippen molar-refractivity contribution in [3.05, 3.63) is 48.3 Å². The van der Waals surface area contributed by atoms with Gasteiger partial charge in [-0.2, -0.15) is 0 Å². The number of benzene rings is 1. The van der Waals surface area contributed by atoms with Gasteiger partial charge in [-0.05, 0) is 18.6 Å². The number of H-pyrrole nitrogens is 1. The maximum atomic E-state index is 13.6. The molecule has 0 bridgehead atoms. The van der Waals surface area contributed by atoms with Crippen molar-refractivity contribution in [2.24, 2.45) is 0 Å². The van der Waals surface area contributed by atoms with Gasteiger partial charge in [0, 0.05) is 22.7 Å². The lowest BCUT2D eigenvalue weighted by atomic mass is 10.1. The SMILES string of the molecule is Cc1ccc2c(-c3ncncc3F)c[nH]c2c1. The molecule has 2 heterocycles. The molecule has 0 saturated heterocycles. The Morgan fingerprint density at radius 1 is 1.29 bits per heavy atom. The largest absolute Gasteiger partial charge is 0.360 e. The molecule has 3 nitrogen and oxygen atoms in total.